The van der Waals surface area contributed by atoms with E-state index >= 15 is 0 Å². The molecule has 140 valence electrons. The van der Waals surface area contributed by atoms with Crippen LogP contribution < -0.4 is 10.2 Å². The van der Waals surface area contributed by atoms with Gasteiger partial charge in [0.15, 0.2) is 0 Å². The number of urea groups is 1. The lowest BCUT2D eigenvalue weighted by Gasteiger charge is -2.36. The SMILES string of the molecule is Cc1noc(C)c1C[C@H](C)NC(=O)N1CCN(c2cccc(Cl)c2)CC1. The maximum absolute atomic E-state index is 12.5. The Morgan fingerprint density at radius 2 is 2.04 bits per heavy atom. The van der Waals surface area contributed by atoms with Gasteiger partial charge in [-0.05, 0) is 45.4 Å². The number of amides is 2. The van der Waals surface area contributed by atoms with Crippen molar-refractivity contribution in [1.29, 1.82) is 0 Å². The summed E-state index contributed by atoms with van der Waals surface area (Å²) in [6.45, 7) is 8.81. The van der Waals surface area contributed by atoms with Gasteiger partial charge in [0.25, 0.3) is 0 Å². The molecular formula is C19H25ClN4O2. The van der Waals surface area contributed by atoms with Gasteiger partial charge in [-0.15, -0.1) is 0 Å². The molecular weight excluding hydrogens is 352 g/mol. The van der Waals surface area contributed by atoms with Crippen LogP contribution >= 0.6 is 11.6 Å². The molecule has 1 atom stereocenters. The van der Waals surface area contributed by atoms with E-state index in [9.17, 15) is 4.79 Å². The fourth-order valence-electron chi connectivity index (χ4n) is 3.29. The van der Waals surface area contributed by atoms with E-state index < -0.39 is 0 Å². The van der Waals surface area contributed by atoms with Gasteiger partial charge >= 0.3 is 6.03 Å². The van der Waals surface area contributed by atoms with Crippen LogP contribution in [0.15, 0.2) is 28.8 Å². The van der Waals surface area contributed by atoms with Crippen LogP contribution in [0.4, 0.5) is 10.5 Å². The third-order valence-electron chi connectivity index (χ3n) is 4.80. The number of carbonyl (C=O) groups is 1. The zero-order valence-corrected chi connectivity index (χ0v) is 16.2. The Labute approximate surface area is 159 Å². The highest BCUT2D eigenvalue weighted by atomic mass is 35.5. The molecule has 0 spiro atoms. The van der Waals surface area contributed by atoms with Crippen LogP contribution in [0.5, 0.6) is 0 Å². The summed E-state index contributed by atoms with van der Waals surface area (Å²) >= 11 is 6.07. The van der Waals surface area contributed by atoms with Gasteiger partial charge < -0.3 is 19.6 Å². The van der Waals surface area contributed by atoms with E-state index in [4.69, 9.17) is 16.1 Å². The maximum atomic E-state index is 12.5. The number of hydrogen-bond donors (Lipinski definition) is 1. The average Bonchev–Trinajstić information content (AvgIpc) is 2.94. The molecule has 1 aromatic carbocycles. The van der Waals surface area contributed by atoms with E-state index in [0.29, 0.717) is 13.1 Å². The lowest BCUT2D eigenvalue weighted by molar-refractivity contribution is 0.191. The Morgan fingerprint density at radius 1 is 1.31 bits per heavy atom. The Balaban J connectivity index is 1.50. The van der Waals surface area contributed by atoms with Crippen molar-refractivity contribution in [3.63, 3.8) is 0 Å². The lowest BCUT2D eigenvalue weighted by atomic mass is 10.1. The number of rotatable bonds is 4. The quantitative estimate of drug-likeness (QED) is 0.888. The predicted molar refractivity (Wildman–Crippen MR) is 103 cm³/mol. The Kier molecular flexibility index (Phi) is 5.71. The molecule has 6 nitrogen and oxygen atoms in total. The van der Waals surface area contributed by atoms with Crippen LogP contribution in [0.25, 0.3) is 0 Å². The highest BCUT2D eigenvalue weighted by Crippen LogP contribution is 2.21. The predicted octanol–water partition coefficient (Wildman–Crippen LogP) is 3.41. The van der Waals surface area contributed by atoms with Crippen LogP contribution in [-0.4, -0.2) is 48.3 Å². The standard InChI is InChI=1S/C19H25ClN4O2/c1-13(11-18-14(2)22-26-15(18)3)21-19(25)24-9-7-23(8-10-24)17-6-4-5-16(20)12-17/h4-6,12-13H,7-11H2,1-3H3,(H,21,25)/t13-/m0/s1. The van der Waals surface area contributed by atoms with Gasteiger partial charge in [0.2, 0.25) is 0 Å². The topological polar surface area (TPSA) is 61.6 Å². The molecule has 26 heavy (non-hydrogen) atoms. The summed E-state index contributed by atoms with van der Waals surface area (Å²) in [6, 6.07) is 7.83. The third kappa shape index (κ3) is 4.30. The second kappa shape index (κ2) is 7.99. The number of nitrogens with one attached hydrogen (secondary N) is 1. The molecule has 1 aliphatic rings. The molecule has 2 aromatic rings. The minimum absolute atomic E-state index is 0.0185. The van der Waals surface area contributed by atoms with E-state index in [0.717, 1.165) is 47.2 Å². The number of aryl methyl sites for hydroxylation is 2. The second-order valence-electron chi connectivity index (χ2n) is 6.81. The molecule has 1 saturated heterocycles. The number of anilines is 1. The molecule has 0 unspecified atom stereocenters. The minimum atomic E-state index is -0.0185. The first-order chi connectivity index (χ1) is 12.4. The van der Waals surface area contributed by atoms with Crippen molar-refractivity contribution in [3.05, 3.63) is 46.3 Å². The molecule has 2 amide bonds. The van der Waals surface area contributed by atoms with E-state index in [-0.39, 0.29) is 12.1 Å². The number of carbonyl (C=O) groups excluding carboxylic acids is 1. The van der Waals surface area contributed by atoms with Crippen molar-refractivity contribution in [2.75, 3.05) is 31.1 Å². The first-order valence-electron chi connectivity index (χ1n) is 8.91. The van der Waals surface area contributed by atoms with Gasteiger partial charge in [0, 0.05) is 48.5 Å². The van der Waals surface area contributed by atoms with Crippen molar-refractivity contribution in [1.82, 2.24) is 15.4 Å². The van der Waals surface area contributed by atoms with E-state index in [1.54, 1.807) is 0 Å². The van der Waals surface area contributed by atoms with Crippen molar-refractivity contribution in [2.24, 2.45) is 0 Å². The first kappa shape index (κ1) is 18.6. The number of aromatic nitrogens is 1. The highest BCUT2D eigenvalue weighted by molar-refractivity contribution is 6.30. The van der Waals surface area contributed by atoms with Gasteiger partial charge in [-0.25, -0.2) is 4.79 Å². The van der Waals surface area contributed by atoms with Crippen molar-refractivity contribution < 1.29 is 9.32 Å². The van der Waals surface area contributed by atoms with Gasteiger partial charge in [-0.1, -0.05) is 22.8 Å². The summed E-state index contributed by atoms with van der Waals surface area (Å²) in [5.41, 5.74) is 3.06. The fraction of sp³-hybridized carbons (Fsp3) is 0.474. The number of nitrogens with zero attached hydrogens (tertiary/aromatic N) is 3. The molecule has 1 N–H and O–H groups in total. The molecule has 2 heterocycles. The molecule has 0 bridgehead atoms. The van der Waals surface area contributed by atoms with Crippen molar-refractivity contribution in [3.8, 4) is 0 Å². The fourth-order valence-corrected chi connectivity index (χ4v) is 3.48. The van der Waals surface area contributed by atoms with E-state index in [1.165, 1.54) is 0 Å². The first-order valence-corrected chi connectivity index (χ1v) is 9.29. The smallest absolute Gasteiger partial charge is 0.317 e. The van der Waals surface area contributed by atoms with Crippen molar-refractivity contribution >= 4 is 23.3 Å². The van der Waals surface area contributed by atoms with Crippen LogP contribution in [0.2, 0.25) is 5.02 Å². The molecule has 1 aliphatic heterocycles. The summed E-state index contributed by atoms with van der Waals surface area (Å²) in [4.78, 5) is 16.7. The second-order valence-corrected chi connectivity index (χ2v) is 7.25. The number of halogens is 1. The molecule has 0 saturated carbocycles. The molecule has 0 aliphatic carbocycles. The lowest BCUT2D eigenvalue weighted by Crippen LogP contribution is -2.53. The van der Waals surface area contributed by atoms with Gasteiger partial charge in [-0.3, -0.25) is 0 Å². The molecule has 7 heteroatoms. The summed E-state index contributed by atoms with van der Waals surface area (Å²) in [7, 11) is 0. The molecule has 1 fully saturated rings. The van der Waals surface area contributed by atoms with Crippen LogP contribution in [0, 0.1) is 13.8 Å². The summed E-state index contributed by atoms with van der Waals surface area (Å²) in [6.07, 6.45) is 0.718. The highest BCUT2D eigenvalue weighted by Gasteiger charge is 2.23. The monoisotopic (exact) mass is 376 g/mol. The van der Waals surface area contributed by atoms with Crippen molar-refractivity contribution in [2.45, 2.75) is 33.2 Å². The summed E-state index contributed by atoms with van der Waals surface area (Å²) < 4.78 is 5.19. The zero-order valence-electron chi connectivity index (χ0n) is 15.5. The summed E-state index contributed by atoms with van der Waals surface area (Å²) in [5, 5.41) is 7.78. The Morgan fingerprint density at radius 3 is 2.65 bits per heavy atom. The molecule has 3 rings (SSSR count). The normalized spacial score (nSPS) is 15.8. The summed E-state index contributed by atoms with van der Waals surface area (Å²) in [5.74, 6) is 0.818. The molecule has 0 radical (unpaired) electrons. The average molecular weight is 377 g/mol. The van der Waals surface area contributed by atoms with Crippen LogP contribution in [-0.2, 0) is 6.42 Å². The van der Waals surface area contributed by atoms with Gasteiger partial charge in [0.1, 0.15) is 5.76 Å². The Bertz CT molecular complexity index is 749. The van der Waals surface area contributed by atoms with E-state index in [2.05, 4.69) is 15.4 Å². The van der Waals surface area contributed by atoms with Crippen LogP contribution in [0.1, 0.15) is 23.9 Å². The Hall–Kier alpha value is -2.21. The zero-order chi connectivity index (χ0) is 18.7. The van der Waals surface area contributed by atoms with E-state index in [1.807, 2.05) is 49.9 Å². The van der Waals surface area contributed by atoms with Crippen LogP contribution in [0.3, 0.4) is 0 Å². The number of hydrogen-bond acceptors (Lipinski definition) is 4. The molecule has 1 aromatic heterocycles. The third-order valence-corrected chi connectivity index (χ3v) is 5.04. The van der Waals surface area contributed by atoms with Gasteiger partial charge in [0.05, 0.1) is 5.69 Å². The minimum Gasteiger partial charge on any atom is -0.368 e. The van der Waals surface area contributed by atoms with Gasteiger partial charge in [-0.2, -0.15) is 0 Å². The maximum Gasteiger partial charge on any atom is 0.317 e. The number of benzene rings is 1. The largest absolute Gasteiger partial charge is 0.368 e. The number of piperazine rings is 1.